The van der Waals surface area contributed by atoms with Crippen LogP contribution in [0.15, 0.2) is 60.2 Å². The summed E-state index contributed by atoms with van der Waals surface area (Å²) in [7, 11) is 1.61. The fraction of sp³-hybridized carbons (Fsp3) is 0.375. The van der Waals surface area contributed by atoms with E-state index in [1.807, 2.05) is 30.3 Å². The Labute approximate surface area is 183 Å². The van der Waals surface area contributed by atoms with Gasteiger partial charge >= 0.3 is 0 Å². The van der Waals surface area contributed by atoms with Crippen LogP contribution in [0.25, 0.3) is 0 Å². The number of hydrogen-bond donors (Lipinski definition) is 0. The van der Waals surface area contributed by atoms with Gasteiger partial charge in [0.05, 0.1) is 13.3 Å². The van der Waals surface area contributed by atoms with Crippen molar-refractivity contribution in [2.45, 2.75) is 39.0 Å². The minimum absolute atomic E-state index is 0.420. The number of aryl methyl sites for hydroxylation is 1. The Morgan fingerprint density at radius 1 is 0.903 bits per heavy atom. The maximum absolute atomic E-state index is 5.84. The number of rotatable bonds is 13. The lowest BCUT2D eigenvalue weighted by Crippen LogP contribution is -2.09. The molecule has 7 nitrogen and oxygen atoms in total. The average molecular weight is 423 g/mol. The molecule has 0 atom stereocenters. The van der Waals surface area contributed by atoms with Crippen LogP contribution in [0.3, 0.4) is 0 Å². The first-order valence-electron chi connectivity index (χ1n) is 10.7. The highest BCUT2D eigenvalue weighted by Gasteiger charge is 2.05. The Balaban J connectivity index is 1.43. The van der Waals surface area contributed by atoms with Gasteiger partial charge < -0.3 is 14.2 Å². The topological polar surface area (TPSA) is 70.8 Å². The van der Waals surface area contributed by atoms with E-state index in [1.54, 1.807) is 13.3 Å². The summed E-state index contributed by atoms with van der Waals surface area (Å²) in [5, 5.41) is 11.7. The Kier molecular flexibility index (Phi) is 8.91. The summed E-state index contributed by atoms with van der Waals surface area (Å²) in [5.41, 5.74) is 2.24. The van der Waals surface area contributed by atoms with Crippen molar-refractivity contribution in [3.8, 4) is 17.2 Å². The predicted molar refractivity (Wildman–Crippen MR) is 121 cm³/mol. The molecule has 31 heavy (non-hydrogen) atoms. The first-order chi connectivity index (χ1) is 15.3. The Bertz CT molecular complexity index is 925. The van der Waals surface area contributed by atoms with Crippen molar-refractivity contribution >= 4 is 6.21 Å². The first kappa shape index (κ1) is 22.3. The smallest absolute Gasteiger partial charge is 0.161 e. The quantitative estimate of drug-likeness (QED) is 0.294. The van der Waals surface area contributed by atoms with E-state index < -0.39 is 0 Å². The standard InChI is InChI=1S/C24H30N4O3/c1-3-4-5-6-7-20-8-11-22(12-9-20)30-14-15-31-23-13-10-21(16-24(23)29-2)17-27-28-18-25-26-19-28/h8-13,16-19H,3-7,14-15H2,1-2H3/b27-17+. The second-order valence-electron chi connectivity index (χ2n) is 7.15. The summed E-state index contributed by atoms with van der Waals surface area (Å²) in [5.74, 6) is 2.16. The van der Waals surface area contributed by atoms with Crippen molar-refractivity contribution in [1.29, 1.82) is 0 Å². The second kappa shape index (κ2) is 12.4. The molecule has 0 N–H and O–H groups in total. The second-order valence-corrected chi connectivity index (χ2v) is 7.15. The molecule has 0 aliphatic heterocycles. The van der Waals surface area contributed by atoms with Gasteiger partial charge in [-0.1, -0.05) is 38.3 Å². The Morgan fingerprint density at radius 2 is 1.68 bits per heavy atom. The van der Waals surface area contributed by atoms with Crippen molar-refractivity contribution in [2.24, 2.45) is 5.10 Å². The summed E-state index contributed by atoms with van der Waals surface area (Å²) in [6.45, 7) is 3.11. The fourth-order valence-corrected chi connectivity index (χ4v) is 3.09. The van der Waals surface area contributed by atoms with Crippen LogP contribution in [0.2, 0.25) is 0 Å². The molecule has 1 heterocycles. The largest absolute Gasteiger partial charge is 0.493 e. The molecule has 0 amide bonds. The van der Waals surface area contributed by atoms with Crippen LogP contribution in [0.1, 0.15) is 43.7 Å². The summed E-state index contributed by atoms with van der Waals surface area (Å²) in [4.78, 5) is 0. The van der Waals surface area contributed by atoms with Crippen LogP contribution in [0.5, 0.6) is 17.2 Å². The zero-order valence-electron chi connectivity index (χ0n) is 18.2. The molecule has 0 aliphatic carbocycles. The lowest BCUT2D eigenvalue weighted by atomic mass is 10.1. The van der Waals surface area contributed by atoms with E-state index in [1.165, 1.54) is 48.6 Å². The van der Waals surface area contributed by atoms with Crippen molar-refractivity contribution in [3.63, 3.8) is 0 Å². The highest BCUT2D eigenvalue weighted by Crippen LogP contribution is 2.27. The third kappa shape index (κ3) is 7.44. The van der Waals surface area contributed by atoms with E-state index in [4.69, 9.17) is 14.2 Å². The third-order valence-electron chi connectivity index (χ3n) is 4.79. The van der Waals surface area contributed by atoms with Crippen molar-refractivity contribution in [2.75, 3.05) is 20.3 Å². The predicted octanol–water partition coefficient (Wildman–Crippen LogP) is 4.75. The zero-order chi connectivity index (χ0) is 21.7. The van der Waals surface area contributed by atoms with Gasteiger partial charge in [0.2, 0.25) is 0 Å². The zero-order valence-corrected chi connectivity index (χ0v) is 18.2. The third-order valence-corrected chi connectivity index (χ3v) is 4.79. The van der Waals surface area contributed by atoms with Gasteiger partial charge in [-0.15, -0.1) is 10.2 Å². The molecule has 0 fully saturated rings. The molecule has 0 saturated heterocycles. The summed E-state index contributed by atoms with van der Waals surface area (Å²) in [6.07, 6.45) is 11.0. The van der Waals surface area contributed by atoms with Gasteiger partial charge in [0, 0.05) is 0 Å². The number of methoxy groups -OCH3 is 1. The van der Waals surface area contributed by atoms with Gasteiger partial charge in [-0.25, -0.2) is 4.68 Å². The maximum Gasteiger partial charge on any atom is 0.161 e. The molecule has 0 spiro atoms. The van der Waals surface area contributed by atoms with Crippen LogP contribution < -0.4 is 14.2 Å². The molecular formula is C24H30N4O3. The van der Waals surface area contributed by atoms with Crippen molar-refractivity contribution in [1.82, 2.24) is 14.9 Å². The average Bonchev–Trinajstić information content (AvgIpc) is 3.33. The first-order valence-corrected chi connectivity index (χ1v) is 10.7. The van der Waals surface area contributed by atoms with Crippen LogP contribution in [-0.4, -0.2) is 41.4 Å². The number of unbranched alkanes of at least 4 members (excludes halogenated alkanes) is 3. The normalized spacial score (nSPS) is 11.0. The summed E-state index contributed by atoms with van der Waals surface area (Å²) >= 11 is 0. The Hall–Kier alpha value is -3.35. The van der Waals surface area contributed by atoms with Gasteiger partial charge in [-0.3, -0.25) is 0 Å². The monoisotopic (exact) mass is 422 g/mol. The van der Waals surface area contributed by atoms with Gasteiger partial charge in [-0.05, 0) is 54.3 Å². The molecule has 3 aromatic rings. The molecule has 0 unspecified atom stereocenters. The minimum atomic E-state index is 0.420. The molecule has 164 valence electrons. The van der Waals surface area contributed by atoms with Crippen LogP contribution in [-0.2, 0) is 6.42 Å². The van der Waals surface area contributed by atoms with Gasteiger partial charge in [0.25, 0.3) is 0 Å². The number of hydrogen-bond acceptors (Lipinski definition) is 6. The van der Waals surface area contributed by atoms with E-state index in [2.05, 4.69) is 34.4 Å². The minimum Gasteiger partial charge on any atom is -0.493 e. The lowest BCUT2D eigenvalue weighted by molar-refractivity contribution is 0.211. The Morgan fingerprint density at radius 3 is 2.42 bits per heavy atom. The SMILES string of the molecule is CCCCCCc1ccc(OCCOc2ccc(/C=N/n3cnnc3)cc2OC)cc1. The van der Waals surface area contributed by atoms with Crippen molar-refractivity contribution < 1.29 is 14.2 Å². The number of benzene rings is 2. The van der Waals surface area contributed by atoms with E-state index in [9.17, 15) is 0 Å². The fourth-order valence-electron chi connectivity index (χ4n) is 3.09. The summed E-state index contributed by atoms with van der Waals surface area (Å²) < 4.78 is 18.6. The molecule has 3 rings (SSSR count). The number of ether oxygens (including phenoxy) is 3. The highest BCUT2D eigenvalue weighted by molar-refractivity contribution is 5.80. The van der Waals surface area contributed by atoms with Gasteiger partial charge in [0.15, 0.2) is 11.5 Å². The van der Waals surface area contributed by atoms with Crippen LogP contribution in [0.4, 0.5) is 0 Å². The number of aromatic nitrogens is 3. The van der Waals surface area contributed by atoms with Crippen molar-refractivity contribution in [3.05, 3.63) is 66.2 Å². The molecule has 7 heteroatoms. The number of nitrogens with zero attached hydrogens (tertiary/aromatic N) is 4. The summed E-state index contributed by atoms with van der Waals surface area (Å²) in [6, 6.07) is 14.0. The van der Waals surface area contributed by atoms with Gasteiger partial charge in [-0.2, -0.15) is 5.10 Å². The molecular weight excluding hydrogens is 392 g/mol. The van der Waals surface area contributed by atoms with Gasteiger partial charge in [0.1, 0.15) is 31.6 Å². The lowest BCUT2D eigenvalue weighted by Gasteiger charge is -2.12. The van der Waals surface area contributed by atoms with E-state index >= 15 is 0 Å². The molecule has 0 saturated carbocycles. The molecule has 1 aromatic heterocycles. The molecule has 0 radical (unpaired) electrons. The van der Waals surface area contributed by atoms with E-state index in [-0.39, 0.29) is 0 Å². The molecule has 2 aromatic carbocycles. The molecule has 0 bridgehead atoms. The van der Waals surface area contributed by atoms with E-state index in [0.29, 0.717) is 24.7 Å². The highest BCUT2D eigenvalue weighted by atomic mass is 16.5. The van der Waals surface area contributed by atoms with E-state index in [0.717, 1.165) is 17.7 Å². The molecule has 0 aliphatic rings. The van der Waals surface area contributed by atoms with Crippen LogP contribution in [0, 0.1) is 0 Å². The maximum atomic E-state index is 5.84. The van der Waals surface area contributed by atoms with Crippen LogP contribution >= 0.6 is 0 Å².